The van der Waals surface area contributed by atoms with Crippen LogP contribution in [0.3, 0.4) is 0 Å². The lowest BCUT2D eigenvalue weighted by Gasteiger charge is -2.29. The summed E-state index contributed by atoms with van der Waals surface area (Å²) in [4.78, 5) is 30.9. The summed E-state index contributed by atoms with van der Waals surface area (Å²) in [5, 5.41) is 11.7. The molecule has 1 atom stereocenters. The van der Waals surface area contributed by atoms with Crippen molar-refractivity contribution in [3.05, 3.63) is 71.2 Å². The number of furan rings is 1. The van der Waals surface area contributed by atoms with E-state index in [1.807, 2.05) is 44.2 Å². The maximum absolute atomic E-state index is 13.8. The first kappa shape index (κ1) is 26.3. The van der Waals surface area contributed by atoms with Crippen molar-refractivity contribution in [1.82, 2.24) is 9.80 Å². The fraction of sp³-hybridized carbons (Fsp3) is 0.379. The van der Waals surface area contributed by atoms with Gasteiger partial charge in [-0.1, -0.05) is 38.1 Å². The molecular formula is C29H34N2O6. The molecule has 1 unspecified atom stereocenters. The molecule has 1 aromatic heterocycles. The van der Waals surface area contributed by atoms with E-state index in [4.69, 9.17) is 13.9 Å². The molecule has 0 saturated carbocycles. The molecular weight excluding hydrogens is 472 g/mol. The van der Waals surface area contributed by atoms with Crippen molar-refractivity contribution in [2.75, 3.05) is 33.3 Å². The molecule has 1 amide bonds. The molecule has 8 nitrogen and oxygen atoms in total. The smallest absolute Gasteiger partial charge is 0.290 e. The maximum atomic E-state index is 13.8. The highest BCUT2D eigenvalue weighted by Gasteiger charge is 2.44. The Labute approximate surface area is 217 Å². The van der Waals surface area contributed by atoms with Gasteiger partial charge in [-0.25, -0.2) is 0 Å². The number of carbonyl (C=O) groups excluding carboxylic acids is 2. The predicted molar refractivity (Wildman–Crippen MR) is 141 cm³/mol. The minimum absolute atomic E-state index is 0.00994. The number of Topliss-reactive ketones (excluding diaryl/α,β-unsaturated/α-hetero) is 1. The van der Waals surface area contributed by atoms with Crippen molar-refractivity contribution in [3.8, 4) is 11.5 Å². The summed E-state index contributed by atoms with van der Waals surface area (Å²) in [7, 11) is 1.53. The fourth-order valence-corrected chi connectivity index (χ4v) is 4.72. The zero-order valence-electron chi connectivity index (χ0n) is 22.0. The first-order chi connectivity index (χ1) is 17.8. The van der Waals surface area contributed by atoms with Gasteiger partial charge in [0.15, 0.2) is 22.9 Å². The van der Waals surface area contributed by atoms with Crippen molar-refractivity contribution in [2.45, 2.75) is 39.8 Å². The van der Waals surface area contributed by atoms with Crippen molar-refractivity contribution < 1.29 is 28.6 Å². The highest BCUT2D eigenvalue weighted by Crippen LogP contribution is 2.41. The van der Waals surface area contributed by atoms with Crippen LogP contribution in [-0.4, -0.2) is 66.0 Å². The van der Waals surface area contributed by atoms with Gasteiger partial charge < -0.3 is 28.8 Å². The van der Waals surface area contributed by atoms with E-state index in [0.29, 0.717) is 41.1 Å². The number of aliphatic hydroxyl groups is 1. The maximum Gasteiger partial charge on any atom is 0.290 e. The average Bonchev–Trinajstić information content (AvgIpc) is 3.43. The molecule has 2 heterocycles. The molecule has 0 aliphatic carbocycles. The lowest BCUT2D eigenvalue weighted by molar-refractivity contribution is -0.129. The molecule has 4 rings (SSSR count). The van der Waals surface area contributed by atoms with E-state index < -0.39 is 23.5 Å². The van der Waals surface area contributed by atoms with Gasteiger partial charge >= 0.3 is 0 Å². The predicted octanol–water partition coefficient (Wildman–Crippen LogP) is 5.15. The Kier molecular flexibility index (Phi) is 7.88. The number of ether oxygens (including phenoxy) is 2. The Balaban J connectivity index is 1.78. The normalized spacial score (nSPS) is 15.9. The van der Waals surface area contributed by atoms with E-state index in [9.17, 15) is 14.7 Å². The second-order valence-corrected chi connectivity index (χ2v) is 9.25. The average molecular weight is 507 g/mol. The molecule has 0 radical (unpaired) electrons. The molecule has 0 spiro atoms. The van der Waals surface area contributed by atoms with Gasteiger partial charge in [-0.2, -0.15) is 0 Å². The van der Waals surface area contributed by atoms with E-state index >= 15 is 0 Å². The molecule has 8 heteroatoms. The number of methoxy groups -OCH3 is 1. The topological polar surface area (TPSA) is 92.5 Å². The van der Waals surface area contributed by atoms with Crippen LogP contribution in [0.25, 0.3) is 11.0 Å². The third-order valence-electron chi connectivity index (χ3n) is 6.60. The molecule has 1 aliphatic rings. The largest absolute Gasteiger partial charge is 0.503 e. The Morgan fingerprint density at radius 2 is 1.86 bits per heavy atom. The van der Waals surface area contributed by atoms with Gasteiger partial charge in [-0.05, 0) is 56.8 Å². The van der Waals surface area contributed by atoms with E-state index in [1.54, 1.807) is 23.1 Å². The Hall–Kier alpha value is -3.78. The van der Waals surface area contributed by atoms with Crippen LogP contribution in [0.15, 0.2) is 64.3 Å². The summed E-state index contributed by atoms with van der Waals surface area (Å²) < 4.78 is 17.1. The first-order valence-corrected chi connectivity index (χ1v) is 12.6. The van der Waals surface area contributed by atoms with E-state index in [-0.39, 0.29) is 17.4 Å². The quantitative estimate of drug-likeness (QED) is 0.360. The number of ketones is 1. The molecule has 1 N–H and O–H groups in total. The summed E-state index contributed by atoms with van der Waals surface area (Å²) >= 11 is 0. The van der Waals surface area contributed by atoms with Crippen LogP contribution >= 0.6 is 0 Å². The number of rotatable bonds is 11. The Morgan fingerprint density at radius 1 is 1.14 bits per heavy atom. The van der Waals surface area contributed by atoms with Crippen molar-refractivity contribution in [2.24, 2.45) is 0 Å². The molecule has 0 saturated heterocycles. The number of aliphatic hydroxyl groups excluding tert-OH is 1. The van der Waals surface area contributed by atoms with Crippen molar-refractivity contribution in [3.63, 3.8) is 0 Å². The highest BCUT2D eigenvalue weighted by atomic mass is 16.5. The standard InChI is InChI=1S/C29H34N2O6/c1-6-30(7-2)14-15-31-25(19-10-8-12-21(16-19)36-18(3)4)24(27(33)29(31)34)26(32)23-17-20-11-9-13-22(35-5)28(20)37-23/h8-13,16-18,25,33H,6-7,14-15H2,1-5H3. The number of hydrogen-bond acceptors (Lipinski definition) is 7. The molecule has 0 bridgehead atoms. The summed E-state index contributed by atoms with van der Waals surface area (Å²) in [5.74, 6) is -0.543. The number of carbonyl (C=O) groups is 2. The van der Waals surface area contributed by atoms with Gasteiger partial charge in [-0.15, -0.1) is 0 Å². The lowest BCUT2D eigenvalue weighted by atomic mass is 9.94. The van der Waals surface area contributed by atoms with E-state index in [2.05, 4.69) is 18.7 Å². The van der Waals surface area contributed by atoms with E-state index in [1.165, 1.54) is 7.11 Å². The Morgan fingerprint density at radius 3 is 2.54 bits per heavy atom. The van der Waals surface area contributed by atoms with Gasteiger partial charge in [-0.3, -0.25) is 9.59 Å². The van der Waals surface area contributed by atoms with Crippen molar-refractivity contribution in [1.29, 1.82) is 0 Å². The van der Waals surface area contributed by atoms with Crippen molar-refractivity contribution >= 4 is 22.7 Å². The van der Waals surface area contributed by atoms with Crippen LogP contribution in [0.5, 0.6) is 11.5 Å². The second-order valence-electron chi connectivity index (χ2n) is 9.25. The Bertz CT molecular complexity index is 1320. The van der Waals surface area contributed by atoms with Gasteiger partial charge in [0.05, 0.1) is 24.8 Å². The van der Waals surface area contributed by atoms with Crippen LogP contribution < -0.4 is 9.47 Å². The minimum Gasteiger partial charge on any atom is -0.503 e. The first-order valence-electron chi connectivity index (χ1n) is 12.6. The zero-order chi connectivity index (χ0) is 26.7. The summed E-state index contributed by atoms with van der Waals surface area (Å²) in [6.45, 7) is 10.6. The number of benzene rings is 2. The van der Waals surface area contributed by atoms with Gasteiger partial charge in [0.25, 0.3) is 5.91 Å². The van der Waals surface area contributed by atoms with Crippen LogP contribution in [0, 0.1) is 0 Å². The van der Waals surface area contributed by atoms with Gasteiger partial charge in [0.2, 0.25) is 5.78 Å². The zero-order valence-corrected chi connectivity index (χ0v) is 22.0. The molecule has 1 aliphatic heterocycles. The van der Waals surface area contributed by atoms with Gasteiger partial charge in [0.1, 0.15) is 5.75 Å². The summed E-state index contributed by atoms with van der Waals surface area (Å²) in [5.41, 5.74) is 1.09. The number of fused-ring (bicyclic) bond motifs is 1. The monoisotopic (exact) mass is 506 g/mol. The number of para-hydroxylation sites is 1. The third kappa shape index (κ3) is 5.20. The highest BCUT2D eigenvalue weighted by molar-refractivity contribution is 6.16. The molecule has 196 valence electrons. The third-order valence-corrected chi connectivity index (χ3v) is 6.60. The molecule has 3 aromatic rings. The SMILES string of the molecule is CCN(CC)CCN1C(=O)C(O)=C(C(=O)c2cc3cccc(OC)c3o2)C1c1cccc(OC(C)C)c1. The molecule has 2 aromatic carbocycles. The lowest BCUT2D eigenvalue weighted by Crippen LogP contribution is -2.38. The number of likely N-dealkylation sites (N-methyl/N-ethyl adjacent to an activating group) is 1. The van der Waals surface area contributed by atoms with Crippen LogP contribution in [0.4, 0.5) is 0 Å². The summed E-state index contributed by atoms with van der Waals surface area (Å²) in [6.07, 6.45) is -0.0465. The molecule has 0 fully saturated rings. The number of amides is 1. The van der Waals surface area contributed by atoms with Crippen LogP contribution in [0.1, 0.15) is 49.9 Å². The van der Waals surface area contributed by atoms with Crippen LogP contribution in [0.2, 0.25) is 0 Å². The van der Waals surface area contributed by atoms with Gasteiger partial charge in [0, 0.05) is 18.5 Å². The van der Waals surface area contributed by atoms with E-state index in [0.717, 1.165) is 13.1 Å². The second kappa shape index (κ2) is 11.1. The number of nitrogens with zero attached hydrogens (tertiary/aromatic N) is 2. The minimum atomic E-state index is -0.790. The molecule has 37 heavy (non-hydrogen) atoms. The summed E-state index contributed by atoms with van der Waals surface area (Å²) in [6, 6.07) is 13.5. The van der Waals surface area contributed by atoms with Crippen LogP contribution in [-0.2, 0) is 4.79 Å². The fourth-order valence-electron chi connectivity index (χ4n) is 4.72. The number of hydrogen-bond donors (Lipinski definition) is 1.